The molecule has 2 aromatic heterocycles. The van der Waals surface area contributed by atoms with Crippen molar-refractivity contribution in [2.24, 2.45) is 0 Å². The minimum Gasteiger partial charge on any atom is -0.465 e. The lowest BCUT2D eigenvalue weighted by Gasteiger charge is -2.01. The van der Waals surface area contributed by atoms with Gasteiger partial charge in [0.25, 0.3) is 0 Å². The van der Waals surface area contributed by atoms with E-state index < -0.39 is 5.97 Å². The molecule has 20 heavy (non-hydrogen) atoms. The highest BCUT2D eigenvalue weighted by atomic mass is 32.1. The van der Waals surface area contributed by atoms with Gasteiger partial charge in [-0.1, -0.05) is 12.1 Å². The molecule has 0 aliphatic rings. The van der Waals surface area contributed by atoms with Crippen molar-refractivity contribution in [3.8, 4) is 9.75 Å². The number of carbonyl (C=O) groups is 2. The Morgan fingerprint density at radius 2 is 2.20 bits per heavy atom. The third-order valence-electron chi connectivity index (χ3n) is 2.44. The fourth-order valence-electron chi connectivity index (χ4n) is 1.60. The minimum absolute atomic E-state index is 0.223. The van der Waals surface area contributed by atoms with Gasteiger partial charge in [0, 0.05) is 4.88 Å². The third-order valence-corrected chi connectivity index (χ3v) is 4.60. The van der Waals surface area contributed by atoms with E-state index in [9.17, 15) is 9.59 Å². The third kappa shape index (κ3) is 3.15. The molecule has 0 spiro atoms. The molecular formula is C14H13NO3S2. The SMILES string of the molecule is C/C=C/C(=O)Nc1cc(C(=O)OC)sc1-c1cccs1. The maximum absolute atomic E-state index is 11.7. The highest BCUT2D eigenvalue weighted by Gasteiger charge is 2.17. The molecule has 2 aromatic rings. The van der Waals surface area contributed by atoms with Crippen LogP contribution < -0.4 is 5.32 Å². The van der Waals surface area contributed by atoms with Crippen molar-refractivity contribution in [1.82, 2.24) is 0 Å². The number of ether oxygens (including phenoxy) is 1. The van der Waals surface area contributed by atoms with Crippen LogP contribution in [0.15, 0.2) is 35.7 Å². The topological polar surface area (TPSA) is 55.4 Å². The van der Waals surface area contributed by atoms with E-state index in [-0.39, 0.29) is 5.91 Å². The van der Waals surface area contributed by atoms with Crippen LogP contribution in [0.3, 0.4) is 0 Å². The Labute approximate surface area is 124 Å². The van der Waals surface area contributed by atoms with Crippen LogP contribution in [-0.4, -0.2) is 19.0 Å². The van der Waals surface area contributed by atoms with Crippen LogP contribution in [-0.2, 0) is 9.53 Å². The van der Waals surface area contributed by atoms with Crippen molar-refractivity contribution in [1.29, 1.82) is 0 Å². The Hall–Kier alpha value is -1.92. The van der Waals surface area contributed by atoms with Crippen LogP contribution in [0.1, 0.15) is 16.6 Å². The lowest BCUT2D eigenvalue weighted by atomic mass is 10.3. The lowest BCUT2D eigenvalue weighted by Crippen LogP contribution is -2.07. The molecular weight excluding hydrogens is 294 g/mol. The molecule has 0 bridgehead atoms. The highest BCUT2D eigenvalue weighted by Crippen LogP contribution is 2.39. The Bertz CT molecular complexity index is 641. The molecule has 0 saturated carbocycles. The van der Waals surface area contributed by atoms with Crippen molar-refractivity contribution < 1.29 is 14.3 Å². The van der Waals surface area contributed by atoms with Gasteiger partial charge in [-0.05, 0) is 30.5 Å². The van der Waals surface area contributed by atoms with E-state index in [0.29, 0.717) is 10.6 Å². The Kier molecular flexibility index (Phi) is 4.70. The van der Waals surface area contributed by atoms with E-state index in [1.807, 2.05) is 17.5 Å². The van der Waals surface area contributed by atoms with Crippen molar-refractivity contribution in [3.05, 3.63) is 40.6 Å². The van der Waals surface area contributed by atoms with Gasteiger partial charge >= 0.3 is 5.97 Å². The second kappa shape index (κ2) is 6.49. The molecule has 0 aliphatic carbocycles. The quantitative estimate of drug-likeness (QED) is 0.691. The summed E-state index contributed by atoms with van der Waals surface area (Å²) in [7, 11) is 1.34. The van der Waals surface area contributed by atoms with E-state index in [1.165, 1.54) is 24.5 Å². The highest BCUT2D eigenvalue weighted by molar-refractivity contribution is 7.22. The summed E-state index contributed by atoms with van der Waals surface area (Å²) in [5.74, 6) is -0.626. The number of methoxy groups -OCH3 is 1. The standard InChI is InChI=1S/C14H13NO3S2/c1-3-5-12(16)15-9-8-11(14(17)18-2)20-13(9)10-6-4-7-19-10/h3-8H,1-2H3,(H,15,16)/b5-3+. The molecule has 0 fully saturated rings. The molecule has 0 unspecified atom stereocenters. The van der Waals surface area contributed by atoms with Crippen molar-refractivity contribution in [2.75, 3.05) is 12.4 Å². The molecule has 0 atom stereocenters. The lowest BCUT2D eigenvalue weighted by molar-refractivity contribution is -0.111. The number of nitrogens with one attached hydrogen (secondary N) is 1. The monoisotopic (exact) mass is 307 g/mol. The zero-order chi connectivity index (χ0) is 14.5. The largest absolute Gasteiger partial charge is 0.465 e. The summed E-state index contributed by atoms with van der Waals surface area (Å²) in [5.41, 5.74) is 0.626. The number of thiophene rings is 2. The average Bonchev–Trinajstić information content (AvgIpc) is 3.06. The van der Waals surface area contributed by atoms with E-state index in [4.69, 9.17) is 4.74 Å². The molecule has 0 aromatic carbocycles. The van der Waals surface area contributed by atoms with Gasteiger partial charge in [0.2, 0.25) is 5.91 Å². The molecule has 2 rings (SSSR count). The number of hydrogen-bond acceptors (Lipinski definition) is 5. The van der Waals surface area contributed by atoms with Crippen LogP contribution in [0.25, 0.3) is 9.75 Å². The molecule has 0 radical (unpaired) electrons. The second-order valence-electron chi connectivity index (χ2n) is 3.81. The van der Waals surface area contributed by atoms with Gasteiger partial charge in [0.1, 0.15) is 4.88 Å². The molecule has 0 aliphatic heterocycles. The first kappa shape index (κ1) is 14.5. The summed E-state index contributed by atoms with van der Waals surface area (Å²) in [4.78, 5) is 25.6. The molecule has 104 valence electrons. The van der Waals surface area contributed by atoms with Crippen molar-refractivity contribution >= 4 is 40.2 Å². The summed E-state index contributed by atoms with van der Waals surface area (Å²) in [6, 6.07) is 5.52. The predicted molar refractivity (Wildman–Crippen MR) is 82.4 cm³/mol. The molecule has 0 saturated heterocycles. The van der Waals surface area contributed by atoms with Gasteiger partial charge in [0.15, 0.2) is 0 Å². The number of carbonyl (C=O) groups excluding carboxylic acids is 2. The van der Waals surface area contributed by atoms with Crippen LogP contribution in [0, 0.1) is 0 Å². The van der Waals surface area contributed by atoms with E-state index in [2.05, 4.69) is 5.32 Å². The average molecular weight is 307 g/mol. The number of esters is 1. The number of allylic oxidation sites excluding steroid dienone is 1. The summed E-state index contributed by atoms with van der Waals surface area (Å²) in [6.07, 6.45) is 3.10. The van der Waals surface area contributed by atoms with E-state index >= 15 is 0 Å². The van der Waals surface area contributed by atoms with E-state index in [0.717, 1.165) is 9.75 Å². The van der Waals surface area contributed by atoms with Gasteiger partial charge in [-0.3, -0.25) is 4.79 Å². The van der Waals surface area contributed by atoms with Crippen LogP contribution in [0.2, 0.25) is 0 Å². The summed E-state index contributed by atoms with van der Waals surface area (Å²) in [6.45, 7) is 1.77. The summed E-state index contributed by atoms with van der Waals surface area (Å²) in [5, 5.41) is 4.73. The molecule has 6 heteroatoms. The number of rotatable bonds is 4. The Morgan fingerprint density at radius 1 is 1.40 bits per heavy atom. The zero-order valence-electron chi connectivity index (χ0n) is 11.0. The van der Waals surface area contributed by atoms with Crippen LogP contribution >= 0.6 is 22.7 Å². The van der Waals surface area contributed by atoms with Gasteiger partial charge < -0.3 is 10.1 Å². The van der Waals surface area contributed by atoms with Gasteiger partial charge in [0.05, 0.1) is 17.7 Å². The smallest absolute Gasteiger partial charge is 0.348 e. The maximum Gasteiger partial charge on any atom is 0.348 e. The van der Waals surface area contributed by atoms with Gasteiger partial charge in [-0.2, -0.15) is 0 Å². The van der Waals surface area contributed by atoms with Gasteiger partial charge in [-0.25, -0.2) is 4.79 Å². The normalized spacial score (nSPS) is 10.7. The second-order valence-corrected chi connectivity index (χ2v) is 5.81. The summed E-state index contributed by atoms with van der Waals surface area (Å²) < 4.78 is 4.72. The first-order valence-corrected chi connectivity index (χ1v) is 7.55. The van der Waals surface area contributed by atoms with Crippen molar-refractivity contribution in [3.63, 3.8) is 0 Å². The number of amides is 1. The fourth-order valence-corrected chi connectivity index (χ4v) is 3.50. The first-order chi connectivity index (χ1) is 9.65. The molecule has 1 amide bonds. The maximum atomic E-state index is 11.7. The Balaban J connectivity index is 2.40. The molecule has 4 nitrogen and oxygen atoms in total. The zero-order valence-corrected chi connectivity index (χ0v) is 12.6. The molecule has 1 N–H and O–H groups in total. The van der Waals surface area contributed by atoms with E-state index in [1.54, 1.807) is 30.4 Å². The van der Waals surface area contributed by atoms with Crippen molar-refractivity contribution in [2.45, 2.75) is 6.92 Å². The number of anilines is 1. The number of hydrogen-bond donors (Lipinski definition) is 1. The fraction of sp³-hybridized carbons (Fsp3) is 0.143. The molecule has 2 heterocycles. The van der Waals surface area contributed by atoms with Crippen LogP contribution in [0.4, 0.5) is 5.69 Å². The predicted octanol–water partition coefficient (Wildman–Crippen LogP) is 3.78. The van der Waals surface area contributed by atoms with Crippen LogP contribution in [0.5, 0.6) is 0 Å². The van der Waals surface area contributed by atoms with Gasteiger partial charge in [-0.15, -0.1) is 22.7 Å². The summed E-state index contributed by atoms with van der Waals surface area (Å²) >= 11 is 2.86. The Morgan fingerprint density at radius 3 is 2.80 bits per heavy atom. The first-order valence-electron chi connectivity index (χ1n) is 5.85. The minimum atomic E-state index is -0.403.